The van der Waals surface area contributed by atoms with E-state index >= 15 is 0 Å². The van der Waals surface area contributed by atoms with E-state index in [0.717, 1.165) is 24.3 Å². The van der Waals surface area contributed by atoms with Gasteiger partial charge >= 0.3 is 0 Å². The Morgan fingerprint density at radius 1 is 1.11 bits per heavy atom. The van der Waals surface area contributed by atoms with E-state index in [4.69, 9.17) is 4.74 Å². The lowest BCUT2D eigenvalue weighted by Gasteiger charge is -2.21. The molecule has 0 unspecified atom stereocenters. The van der Waals surface area contributed by atoms with Crippen LogP contribution in [-0.2, 0) is 6.42 Å². The maximum absolute atomic E-state index is 5.54. The molecule has 0 aromatic heterocycles. The molecule has 1 heterocycles. The van der Waals surface area contributed by atoms with E-state index in [0.29, 0.717) is 0 Å². The number of anilines is 1. The van der Waals surface area contributed by atoms with Crippen LogP contribution in [0.15, 0.2) is 42.5 Å². The molecule has 18 heavy (non-hydrogen) atoms. The van der Waals surface area contributed by atoms with Gasteiger partial charge in [0.1, 0.15) is 5.75 Å². The minimum Gasteiger partial charge on any atom is -0.496 e. The second kappa shape index (κ2) is 4.73. The zero-order valence-electron chi connectivity index (χ0n) is 10.6. The Balaban J connectivity index is 2.13. The summed E-state index contributed by atoms with van der Waals surface area (Å²) in [7, 11) is 1.74. The molecule has 2 aromatic rings. The Morgan fingerprint density at radius 3 is 2.72 bits per heavy atom. The van der Waals surface area contributed by atoms with Crippen LogP contribution in [0.2, 0.25) is 0 Å². The summed E-state index contributed by atoms with van der Waals surface area (Å²) in [5, 5.41) is 3.47. The van der Waals surface area contributed by atoms with Crippen molar-refractivity contribution < 1.29 is 4.74 Å². The summed E-state index contributed by atoms with van der Waals surface area (Å²) >= 11 is 0. The van der Waals surface area contributed by atoms with Gasteiger partial charge in [-0.15, -0.1) is 0 Å². The van der Waals surface area contributed by atoms with Crippen LogP contribution in [0.5, 0.6) is 5.75 Å². The summed E-state index contributed by atoms with van der Waals surface area (Å²) in [6.07, 6.45) is 2.33. The standard InChI is InChI=1S/C16H17NO/c1-18-16-10-13-8-5-9-17-15(13)11-14(16)12-6-3-2-4-7-12/h2-4,6-7,10-11,17H,5,8-9H2,1H3. The molecule has 92 valence electrons. The Hall–Kier alpha value is -1.96. The molecule has 0 saturated carbocycles. The Morgan fingerprint density at radius 2 is 1.94 bits per heavy atom. The largest absolute Gasteiger partial charge is 0.496 e. The predicted molar refractivity (Wildman–Crippen MR) is 75.2 cm³/mol. The molecule has 1 aliphatic rings. The van der Waals surface area contributed by atoms with Gasteiger partial charge in [0.05, 0.1) is 7.11 Å². The molecular weight excluding hydrogens is 222 g/mol. The molecule has 3 rings (SSSR count). The summed E-state index contributed by atoms with van der Waals surface area (Å²) in [6, 6.07) is 14.8. The second-order valence-corrected chi connectivity index (χ2v) is 4.61. The van der Waals surface area contributed by atoms with Gasteiger partial charge in [0.15, 0.2) is 0 Å². The fourth-order valence-electron chi connectivity index (χ4n) is 2.51. The molecule has 0 bridgehead atoms. The van der Waals surface area contributed by atoms with Crippen LogP contribution < -0.4 is 10.1 Å². The lowest BCUT2D eigenvalue weighted by Crippen LogP contribution is -2.12. The summed E-state index contributed by atoms with van der Waals surface area (Å²) < 4.78 is 5.54. The molecule has 0 amide bonds. The summed E-state index contributed by atoms with van der Waals surface area (Å²) in [4.78, 5) is 0. The fraction of sp³-hybridized carbons (Fsp3) is 0.250. The maximum Gasteiger partial charge on any atom is 0.127 e. The van der Waals surface area contributed by atoms with Gasteiger partial charge in [0.25, 0.3) is 0 Å². The number of hydrogen-bond donors (Lipinski definition) is 1. The minimum atomic E-state index is 0.962. The van der Waals surface area contributed by atoms with Crippen molar-refractivity contribution in [2.24, 2.45) is 0 Å². The third-order valence-electron chi connectivity index (χ3n) is 3.45. The molecule has 0 saturated heterocycles. The van der Waals surface area contributed by atoms with Gasteiger partial charge in [-0.25, -0.2) is 0 Å². The predicted octanol–water partition coefficient (Wildman–Crippen LogP) is 3.72. The van der Waals surface area contributed by atoms with Crippen molar-refractivity contribution in [3.05, 3.63) is 48.0 Å². The molecule has 2 aromatic carbocycles. The average molecular weight is 239 g/mol. The van der Waals surface area contributed by atoms with Crippen molar-refractivity contribution in [2.75, 3.05) is 19.0 Å². The monoisotopic (exact) mass is 239 g/mol. The first kappa shape index (κ1) is 11.1. The zero-order chi connectivity index (χ0) is 12.4. The first-order chi connectivity index (χ1) is 8.88. The number of aryl methyl sites for hydroxylation is 1. The van der Waals surface area contributed by atoms with Crippen LogP contribution >= 0.6 is 0 Å². The van der Waals surface area contributed by atoms with E-state index in [9.17, 15) is 0 Å². The third-order valence-corrected chi connectivity index (χ3v) is 3.45. The van der Waals surface area contributed by atoms with E-state index in [1.807, 2.05) is 6.07 Å². The highest BCUT2D eigenvalue weighted by molar-refractivity contribution is 5.76. The maximum atomic E-state index is 5.54. The minimum absolute atomic E-state index is 0.962. The van der Waals surface area contributed by atoms with E-state index in [1.165, 1.54) is 23.2 Å². The third kappa shape index (κ3) is 1.94. The lowest BCUT2D eigenvalue weighted by atomic mass is 9.97. The van der Waals surface area contributed by atoms with Gasteiger partial charge in [-0.1, -0.05) is 30.3 Å². The molecule has 0 fully saturated rings. The van der Waals surface area contributed by atoms with Crippen LogP contribution in [0.3, 0.4) is 0 Å². The van der Waals surface area contributed by atoms with E-state index in [-0.39, 0.29) is 0 Å². The highest BCUT2D eigenvalue weighted by atomic mass is 16.5. The quantitative estimate of drug-likeness (QED) is 0.862. The van der Waals surface area contributed by atoms with Crippen molar-refractivity contribution in [3.8, 4) is 16.9 Å². The number of nitrogens with one attached hydrogen (secondary N) is 1. The highest BCUT2D eigenvalue weighted by Crippen LogP contribution is 2.36. The van der Waals surface area contributed by atoms with Crippen molar-refractivity contribution in [1.82, 2.24) is 0 Å². The second-order valence-electron chi connectivity index (χ2n) is 4.61. The number of fused-ring (bicyclic) bond motifs is 1. The van der Waals surface area contributed by atoms with Gasteiger partial charge < -0.3 is 10.1 Å². The first-order valence-electron chi connectivity index (χ1n) is 6.38. The summed E-state index contributed by atoms with van der Waals surface area (Å²) in [5.74, 6) is 0.962. The number of methoxy groups -OCH3 is 1. The van der Waals surface area contributed by atoms with Crippen molar-refractivity contribution >= 4 is 5.69 Å². The molecule has 0 radical (unpaired) electrons. The molecule has 0 aliphatic carbocycles. The number of benzene rings is 2. The highest BCUT2D eigenvalue weighted by Gasteiger charge is 2.14. The molecule has 2 nitrogen and oxygen atoms in total. The number of hydrogen-bond acceptors (Lipinski definition) is 2. The van der Waals surface area contributed by atoms with Gasteiger partial charge in [-0.05, 0) is 36.1 Å². The first-order valence-corrected chi connectivity index (χ1v) is 6.38. The van der Waals surface area contributed by atoms with Crippen molar-refractivity contribution in [3.63, 3.8) is 0 Å². The molecule has 1 N–H and O–H groups in total. The summed E-state index contributed by atoms with van der Waals surface area (Å²) in [6.45, 7) is 1.06. The lowest BCUT2D eigenvalue weighted by molar-refractivity contribution is 0.416. The number of rotatable bonds is 2. The van der Waals surface area contributed by atoms with Crippen LogP contribution in [0.25, 0.3) is 11.1 Å². The molecule has 2 heteroatoms. The Kier molecular flexibility index (Phi) is 2.93. The molecule has 0 atom stereocenters. The molecular formula is C16H17NO. The SMILES string of the molecule is COc1cc2c(cc1-c1ccccc1)NCCC2. The van der Waals surface area contributed by atoms with E-state index in [1.54, 1.807) is 7.11 Å². The van der Waals surface area contributed by atoms with Crippen LogP contribution in [-0.4, -0.2) is 13.7 Å². The summed E-state index contributed by atoms with van der Waals surface area (Å²) in [5.41, 5.74) is 4.97. The average Bonchev–Trinajstić information content (AvgIpc) is 2.46. The zero-order valence-corrected chi connectivity index (χ0v) is 10.6. The van der Waals surface area contributed by atoms with Gasteiger partial charge in [-0.2, -0.15) is 0 Å². The van der Waals surface area contributed by atoms with Gasteiger partial charge in [0.2, 0.25) is 0 Å². The molecule has 1 aliphatic heterocycles. The Bertz CT molecular complexity index is 549. The van der Waals surface area contributed by atoms with E-state index < -0.39 is 0 Å². The Labute approximate surface area is 108 Å². The van der Waals surface area contributed by atoms with Crippen LogP contribution in [0.4, 0.5) is 5.69 Å². The van der Waals surface area contributed by atoms with Crippen LogP contribution in [0.1, 0.15) is 12.0 Å². The normalized spacial score (nSPS) is 13.6. The topological polar surface area (TPSA) is 21.3 Å². The van der Waals surface area contributed by atoms with Crippen molar-refractivity contribution in [2.45, 2.75) is 12.8 Å². The van der Waals surface area contributed by atoms with Crippen LogP contribution in [0, 0.1) is 0 Å². The fourth-order valence-corrected chi connectivity index (χ4v) is 2.51. The van der Waals surface area contributed by atoms with Gasteiger partial charge in [0, 0.05) is 17.8 Å². The van der Waals surface area contributed by atoms with Crippen molar-refractivity contribution in [1.29, 1.82) is 0 Å². The smallest absolute Gasteiger partial charge is 0.127 e. The van der Waals surface area contributed by atoms with E-state index in [2.05, 4.69) is 41.7 Å². The number of ether oxygens (including phenoxy) is 1. The van der Waals surface area contributed by atoms with Gasteiger partial charge in [-0.3, -0.25) is 0 Å². The molecule has 0 spiro atoms.